The van der Waals surface area contributed by atoms with Gasteiger partial charge in [0.2, 0.25) is 0 Å². The summed E-state index contributed by atoms with van der Waals surface area (Å²) in [5.41, 5.74) is 5.53. The number of hydrogen-bond donors (Lipinski definition) is 0. The lowest BCUT2D eigenvalue weighted by Crippen LogP contribution is -2.49. The molecule has 3 aliphatic rings. The third-order valence-corrected chi connectivity index (χ3v) is 6.64. The van der Waals surface area contributed by atoms with Gasteiger partial charge in [-0.15, -0.1) is 0 Å². The molecule has 0 amide bonds. The predicted molar refractivity (Wildman–Crippen MR) is 105 cm³/mol. The molecule has 2 fully saturated rings. The van der Waals surface area contributed by atoms with Crippen LogP contribution in [0.3, 0.4) is 0 Å². The molecule has 2 heterocycles. The molecule has 1 aliphatic heterocycles. The second-order valence-electron chi connectivity index (χ2n) is 8.22. The Morgan fingerprint density at radius 1 is 0.885 bits per heavy atom. The van der Waals surface area contributed by atoms with E-state index in [1.54, 1.807) is 0 Å². The van der Waals surface area contributed by atoms with Gasteiger partial charge in [0.1, 0.15) is 0 Å². The fourth-order valence-corrected chi connectivity index (χ4v) is 5.19. The lowest BCUT2D eigenvalue weighted by Gasteiger charge is -2.37. The highest BCUT2D eigenvalue weighted by atomic mass is 15.3. The van der Waals surface area contributed by atoms with E-state index >= 15 is 0 Å². The van der Waals surface area contributed by atoms with Gasteiger partial charge < -0.3 is 0 Å². The van der Waals surface area contributed by atoms with Crippen LogP contribution in [0.2, 0.25) is 0 Å². The van der Waals surface area contributed by atoms with E-state index in [1.165, 1.54) is 93.8 Å². The molecule has 26 heavy (non-hydrogen) atoms. The molecule has 1 saturated carbocycles. The molecule has 0 unspecified atom stereocenters. The van der Waals surface area contributed by atoms with E-state index in [0.29, 0.717) is 0 Å². The number of hydrogen-bond acceptors (Lipinski definition) is 3. The first kappa shape index (κ1) is 16.5. The topological polar surface area (TPSA) is 24.3 Å². The minimum absolute atomic E-state index is 0.874. The largest absolute Gasteiger partial charge is 0.298 e. The summed E-state index contributed by atoms with van der Waals surface area (Å²) in [6.45, 7) is 5.91. The van der Waals surface area contributed by atoms with Crippen molar-refractivity contribution in [3.8, 4) is 5.69 Å². The van der Waals surface area contributed by atoms with Gasteiger partial charge in [-0.3, -0.25) is 9.80 Å². The number of nitrogens with zero attached hydrogens (tertiary/aromatic N) is 4. The first-order valence-electron chi connectivity index (χ1n) is 10.5. The third-order valence-electron chi connectivity index (χ3n) is 6.64. The summed E-state index contributed by atoms with van der Waals surface area (Å²) in [6.07, 6.45) is 9.39. The van der Waals surface area contributed by atoms with Crippen molar-refractivity contribution in [3.63, 3.8) is 0 Å². The van der Waals surface area contributed by atoms with Crippen LogP contribution >= 0.6 is 0 Å². The molecule has 4 nitrogen and oxygen atoms in total. The molecule has 5 rings (SSSR count). The van der Waals surface area contributed by atoms with Gasteiger partial charge in [-0.05, 0) is 49.8 Å². The Hall–Kier alpha value is -1.65. The molecule has 138 valence electrons. The Labute approximate surface area is 156 Å². The number of rotatable bonds is 4. The highest BCUT2D eigenvalue weighted by Crippen LogP contribution is 2.29. The third kappa shape index (κ3) is 3.10. The molecule has 0 spiro atoms. The van der Waals surface area contributed by atoms with Gasteiger partial charge in [-0.1, -0.05) is 31.0 Å². The van der Waals surface area contributed by atoms with E-state index in [2.05, 4.69) is 44.8 Å². The van der Waals surface area contributed by atoms with Crippen LogP contribution in [0.1, 0.15) is 49.1 Å². The number of benzene rings is 1. The maximum atomic E-state index is 5.05. The maximum Gasteiger partial charge on any atom is 0.0804 e. The van der Waals surface area contributed by atoms with Crippen LogP contribution in [0.5, 0.6) is 0 Å². The van der Waals surface area contributed by atoms with Crippen molar-refractivity contribution in [1.82, 2.24) is 19.6 Å². The molecular formula is C22H30N4. The van der Waals surface area contributed by atoms with Crippen LogP contribution in [-0.4, -0.2) is 51.8 Å². The van der Waals surface area contributed by atoms with Crippen molar-refractivity contribution in [3.05, 3.63) is 47.3 Å². The normalized spacial score (nSPS) is 22.2. The zero-order valence-corrected chi connectivity index (χ0v) is 15.7. The number of para-hydroxylation sites is 1. The second-order valence-corrected chi connectivity index (χ2v) is 8.22. The molecule has 2 aromatic rings. The quantitative estimate of drug-likeness (QED) is 0.844. The van der Waals surface area contributed by atoms with Gasteiger partial charge in [0.25, 0.3) is 0 Å². The Kier molecular flexibility index (Phi) is 4.55. The summed E-state index contributed by atoms with van der Waals surface area (Å²) in [6, 6.07) is 11.5. The fraction of sp³-hybridized carbons (Fsp3) is 0.591. The molecule has 1 aromatic carbocycles. The van der Waals surface area contributed by atoms with Gasteiger partial charge in [-0.2, -0.15) is 5.10 Å². The van der Waals surface area contributed by atoms with Crippen LogP contribution in [0.15, 0.2) is 30.3 Å². The van der Waals surface area contributed by atoms with Gasteiger partial charge in [0.05, 0.1) is 11.4 Å². The van der Waals surface area contributed by atoms with Crippen LogP contribution in [-0.2, 0) is 19.4 Å². The summed E-state index contributed by atoms with van der Waals surface area (Å²) >= 11 is 0. The predicted octanol–water partition coefficient (Wildman–Crippen LogP) is 3.42. The Balaban J connectivity index is 1.29. The van der Waals surface area contributed by atoms with Gasteiger partial charge in [-0.25, -0.2) is 4.68 Å². The molecule has 1 saturated heterocycles. The van der Waals surface area contributed by atoms with E-state index in [4.69, 9.17) is 5.10 Å². The number of aromatic nitrogens is 2. The van der Waals surface area contributed by atoms with Gasteiger partial charge >= 0.3 is 0 Å². The van der Waals surface area contributed by atoms with Crippen LogP contribution < -0.4 is 0 Å². The maximum absolute atomic E-state index is 5.05. The van der Waals surface area contributed by atoms with Crippen LogP contribution in [0.25, 0.3) is 5.69 Å². The number of fused-ring (bicyclic) bond motifs is 1. The average molecular weight is 351 g/mol. The summed E-state index contributed by atoms with van der Waals surface area (Å²) in [7, 11) is 0. The van der Waals surface area contributed by atoms with Crippen molar-refractivity contribution < 1.29 is 0 Å². The molecule has 0 bridgehead atoms. The van der Waals surface area contributed by atoms with Gasteiger partial charge in [0, 0.05) is 44.5 Å². The van der Waals surface area contributed by atoms with E-state index in [0.717, 1.165) is 12.6 Å². The van der Waals surface area contributed by atoms with E-state index in [9.17, 15) is 0 Å². The van der Waals surface area contributed by atoms with E-state index in [1.807, 2.05) is 0 Å². The SMILES string of the molecule is c1ccc(-n2nc(CN3CCN(C4CCCC4)CC3)c3c2CCC3)cc1. The fourth-order valence-electron chi connectivity index (χ4n) is 5.19. The van der Waals surface area contributed by atoms with Crippen molar-refractivity contribution in [1.29, 1.82) is 0 Å². The Morgan fingerprint density at radius 3 is 2.42 bits per heavy atom. The zero-order valence-electron chi connectivity index (χ0n) is 15.7. The van der Waals surface area contributed by atoms with Crippen LogP contribution in [0, 0.1) is 0 Å². The first-order chi connectivity index (χ1) is 12.9. The molecule has 2 aliphatic carbocycles. The molecule has 0 N–H and O–H groups in total. The van der Waals surface area contributed by atoms with Crippen molar-refractivity contribution in [2.24, 2.45) is 0 Å². The zero-order chi connectivity index (χ0) is 17.3. The highest BCUT2D eigenvalue weighted by molar-refractivity contribution is 5.39. The van der Waals surface area contributed by atoms with E-state index < -0.39 is 0 Å². The average Bonchev–Trinajstić information content (AvgIpc) is 3.43. The first-order valence-corrected chi connectivity index (χ1v) is 10.5. The second kappa shape index (κ2) is 7.16. The van der Waals surface area contributed by atoms with Crippen LogP contribution in [0.4, 0.5) is 0 Å². The molecule has 0 atom stereocenters. The number of piperazine rings is 1. The monoisotopic (exact) mass is 350 g/mol. The highest BCUT2D eigenvalue weighted by Gasteiger charge is 2.28. The molecular weight excluding hydrogens is 320 g/mol. The minimum atomic E-state index is 0.874. The summed E-state index contributed by atoms with van der Waals surface area (Å²) in [4.78, 5) is 5.37. The van der Waals surface area contributed by atoms with Crippen molar-refractivity contribution >= 4 is 0 Å². The van der Waals surface area contributed by atoms with Crippen molar-refractivity contribution in [2.45, 2.75) is 57.5 Å². The molecule has 1 aromatic heterocycles. The van der Waals surface area contributed by atoms with Crippen molar-refractivity contribution in [2.75, 3.05) is 26.2 Å². The molecule has 4 heteroatoms. The van der Waals surface area contributed by atoms with Gasteiger partial charge in [0.15, 0.2) is 0 Å². The van der Waals surface area contributed by atoms with E-state index in [-0.39, 0.29) is 0 Å². The Bertz CT molecular complexity index is 737. The summed E-state index contributed by atoms with van der Waals surface area (Å²) in [5, 5.41) is 5.05. The Morgan fingerprint density at radius 2 is 1.65 bits per heavy atom. The standard InChI is InChI=1S/C22H30N4/c1-2-9-19(10-3-1)26-22-12-6-11-20(22)21(23-26)17-24-13-15-25(16-14-24)18-7-4-5-8-18/h1-3,9-10,18H,4-8,11-17H2. The minimum Gasteiger partial charge on any atom is -0.298 e. The lowest BCUT2D eigenvalue weighted by molar-refractivity contribution is 0.0927. The smallest absolute Gasteiger partial charge is 0.0804 e. The summed E-state index contributed by atoms with van der Waals surface area (Å²) < 4.78 is 2.21. The summed E-state index contributed by atoms with van der Waals surface area (Å²) in [5.74, 6) is 0. The molecule has 0 radical (unpaired) electrons. The lowest BCUT2D eigenvalue weighted by atomic mass is 10.1.